The van der Waals surface area contributed by atoms with E-state index in [2.05, 4.69) is 27.5 Å². The Hall–Kier alpha value is -2.93. The summed E-state index contributed by atoms with van der Waals surface area (Å²) in [7, 11) is 1.66. The van der Waals surface area contributed by atoms with Crippen LogP contribution in [0.4, 0.5) is 0 Å². The number of carbonyl (C=O) groups excluding carboxylic acids is 1. The number of hydrogen-bond acceptors (Lipinski definition) is 5. The summed E-state index contributed by atoms with van der Waals surface area (Å²) in [6.07, 6.45) is 3.51. The molecule has 1 amide bonds. The fourth-order valence-corrected chi connectivity index (χ4v) is 4.44. The van der Waals surface area contributed by atoms with E-state index in [9.17, 15) is 4.79 Å². The van der Waals surface area contributed by atoms with Crippen LogP contribution in [0, 0.1) is 11.8 Å². The number of ether oxygens (including phenoxy) is 1. The number of rotatable bonds is 3. The summed E-state index contributed by atoms with van der Waals surface area (Å²) < 4.78 is 6.93. The Morgan fingerprint density at radius 1 is 1.26 bits per heavy atom. The van der Waals surface area contributed by atoms with Gasteiger partial charge >= 0.3 is 0 Å². The number of amides is 1. The molecule has 138 valence electrons. The van der Waals surface area contributed by atoms with Crippen molar-refractivity contribution in [1.82, 2.24) is 24.8 Å². The summed E-state index contributed by atoms with van der Waals surface area (Å²) in [4.78, 5) is 19.6. The Kier molecular flexibility index (Phi) is 3.82. The average molecular weight is 363 g/mol. The maximum atomic E-state index is 13.3. The molecule has 7 nitrogen and oxygen atoms in total. The lowest BCUT2D eigenvalue weighted by Gasteiger charge is -2.28. The van der Waals surface area contributed by atoms with Crippen molar-refractivity contribution in [2.75, 3.05) is 26.7 Å². The number of nitrogens with zero attached hydrogens (tertiary/aromatic N) is 4. The highest BCUT2D eigenvalue weighted by molar-refractivity contribution is 5.94. The van der Waals surface area contributed by atoms with E-state index < -0.39 is 0 Å². The molecule has 7 heteroatoms. The zero-order valence-electron chi connectivity index (χ0n) is 15.1. The number of fused-ring (bicyclic) bond motifs is 2. The monoisotopic (exact) mass is 363 g/mol. The van der Waals surface area contributed by atoms with E-state index in [0.29, 0.717) is 23.2 Å². The standard InChI is InChI=1S/C20H21N5O2/c1-27-15-5-3-13(4-6-15)19-16-11-21-10-14(16)12-24(19)20(26)17-9-18-22-7-2-8-25(18)23-17/h2-9,14,16,19,21H,10-12H2,1H3/t14-,16-,19-/m0/s1. The Bertz CT molecular complexity index is 950. The minimum atomic E-state index is -0.0317. The highest BCUT2D eigenvalue weighted by Crippen LogP contribution is 2.43. The van der Waals surface area contributed by atoms with E-state index in [1.165, 1.54) is 0 Å². The maximum absolute atomic E-state index is 13.3. The van der Waals surface area contributed by atoms with Gasteiger partial charge in [-0.15, -0.1) is 0 Å². The first-order chi connectivity index (χ1) is 13.2. The number of methoxy groups -OCH3 is 1. The van der Waals surface area contributed by atoms with Crippen LogP contribution >= 0.6 is 0 Å². The van der Waals surface area contributed by atoms with Crippen molar-refractivity contribution in [1.29, 1.82) is 0 Å². The van der Waals surface area contributed by atoms with Crippen LogP contribution in [-0.4, -0.2) is 52.1 Å². The SMILES string of the molecule is COc1ccc([C@H]2[C@H]3CNC[C@H]3CN2C(=O)c2cc3ncccn3n2)cc1. The predicted octanol–water partition coefficient (Wildman–Crippen LogP) is 1.77. The van der Waals surface area contributed by atoms with Crippen LogP contribution in [0.2, 0.25) is 0 Å². The van der Waals surface area contributed by atoms with Gasteiger partial charge in [-0.1, -0.05) is 12.1 Å². The number of aromatic nitrogens is 3. The van der Waals surface area contributed by atoms with Crippen LogP contribution in [0.3, 0.4) is 0 Å². The molecule has 1 N–H and O–H groups in total. The Morgan fingerprint density at radius 3 is 2.89 bits per heavy atom. The molecule has 2 fully saturated rings. The van der Waals surface area contributed by atoms with Crippen molar-refractivity contribution in [3.05, 3.63) is 60.0 Å². The van der Waals surface area contributed by atoms with Crippen molar-refractivity contribution in [3.63, 3.8) is 0 Å². The van der Waals surface area contributed by atoms with Gasteiger partial charge in [-0.3, -0.25) is 4.79 Å². The van der Waals surface area contributed by atoms with Crippen molar-refractivity contribution < 1.29 is 9.53 Å². The second-order valence-corrected chi connectivity index (χ2v) is 7.21. The lowest BCUT2D eigenvalue weighted by atomic mass is 9.89. The van der Waals surface area contributed by atoms with Gasteiger partial charge in [0, 0.05) is 44.0 Å². The van der Waals surface area contributed by atoms with E-state index >= 15 is 0 Å². The van der Waals surface area contributed by atoms with Gasteiger partial charge in [0.15, 0.2) is 11.3 Å². The van der Waals surface area contributed by atoms with Crippen LogP contribution in [-0.2, 0) is 0 Å². The minimum Gasteiger partial charge on any atom is -0.497 e. The zero-order chi connectivity index (χ0) is 18.4. The quantitative estimate of drug-likeness (QED) is 0.768. The van der Waals surface area contributed by atoms with Gasteiger partial charge < -0.3 is 15.0 Å². The lowest BCUT2D eigenvalue weighted by Crippen LogP contribution is -2.35. The lowest BCUT2D eigenvalue weighted by molar-refractivity contribution is 0.0707. The number of likely N-dealkylation sites (tertiary alicyclic amines) is 1. The summed E-state index contributed by atoms with van der Waals surface area (Å²) >= 11 is 0. The molecule has 3 aromatic rings. The minimum absolute atomic E-state index is 0.0317. The van der Waals surface area contributed by atoms with Crippen LogP contribution < -0.4 is 10.1 Å². The van der Waals surface area contributed by atoms with Crippen molar-refractivity contribution >= 4 is 11.6 Å². The molecule has 2 aromatic heterocycles. The van der Waals surface area contributed by atoms with Crippen molar-refractivity contribution in [2.45, 2.75) is 6.04 Å². The molecule has 27 heavy (non-hydrogen) atoms. The smallest absolute Gasteiger partial charge is 0.274 e. The zero-order valence-corrected chi connectivity index (χ0v) is 15.1. The predicted molar refractivity (Wildman–Crippen MR) is 99.6 cm³/mol. The largest absolute Gasteiger partial charge is 0.497 e. The highest BCUT2D eigenvalue weighted by Gasteiger charge is 2.47. The number of benzene rings is 1. The normalized spacial score (nSPS) is 24.3. The van der Waals surface area contributed by atoms with E-state index in [0.717, 1.165) is 30.9 Å². The number of nitrogens with one attached hydrogen (secondary N) is 1. The number of carbonyl (C=O) groups is 1. The van der Waals surface area contributed by atoms with Gasteiger partial charge in [-0.05, 0) is 29.7 Å². The number of hydrogen-bond donors (Lipinski definition) is 1. The molecule has 2 aliphatic rings. The second-order valence-electron chi connectivity index (χ2n) is 7.21. The molecule has 5 rings (SSSR count). The fourth-order valence-electron chi connectivity index (χ4n) is 4.44. The second kappa shape index (κ2) is 6.35. The molecule has 2 aliphatic heterocycles. The van der Waals surface area contributed by atoms with E-state index in [-0.39, 0.29) is 11.9 Å². The van der Waals surface area contributed by atoms with E-state index in [4.69, 9.17) is 4.74 Å². The fraction of sp³-hybridized carbons (Fsp3) is 0.350. The summed E-state index contributed by atoms with van der Waals surface area (Å²) in [5, 5.41) is 7.91. The maximum Gasteiger partial charge on any atom is 0.274 e. The first-order valence-corrected chi connectivity index (χ1v) is 9.20. The molecule has 0 unspecified atom stereocenters. The summed E-state index contributed by atoms with van der Waals surface area (Å²) in [6, 6.07) is 11.7. The van der Waals surface area contributed by atoms with Gasteiger partial charge in [0.05, 0.1) is 13.2 Å². The topological polar surface area (TPSA) is 71.8 Å². The molecular formula is C20H21N5O2. The third kappa shape index (κ3) is 2.66. The van der Waals surface area contributed by atoms with Crippen LogP contribution in [0.1, 0.15) is 22.1 Å². The van der Waals surface area contributed by atoms with Gasteiger partial charge in [0.25, 0.3) is 5.91 Å². The molecule has 0 saturated carbocycles. The summed E-state index contributed by atoms with van der Waals surface area (Å²) in [5.41, 5.74) is 2.27. The average Bonchev–Trinajstić information content (AvgIpc) is 3.41. The third-order valence-corrected chi connectivity index (χ3v) is 5.74. The molecule has 0 bridgehead atoms. The molecule has 0 aliphatic carbocycles. The molecule has 3 atom stereocenters. The van der Waals surface area contributed by atoms with Gasteiger partial charge in [0.1, 0.15) is 5.75 Å². The van der Waals surface area contributed by atoms with E-state index in [1.807, 2.05) is 23.2 Å². The molecule has 4 heterocycles. The third-order valence-electron chi connectivity index (χ3n) is 5.74. The Morgan fingerprint density at radius 2 is 2.11 bits per heavy atom. The first-order valence-electron chi connectivity index (χ1n) is 9.20. The van der Waals surface area contributed by atoms with Crippen LogP contribution in [0.25, 0.3) is 5.65 Å². The molecule has 2 saturated heterocycles. The first kappa shape index (κ1) is 16.3. The van der Waals surface area contributed by atoms with Crippen molar-refractivity contribution in [2.24, 2.45) is 11.8 Å². The van der Waals surface area contributed by atoms with Crippen LogP contribution in [0.15, 0.2) is 48.8 Å². The molecular weight excluding hydrogens is 342 g/mol. The molecule has 0 radical (unpaired) electrons. The molecule has 1 aromatic carbocycles. The Labute approximate surface area is 157 Å². The summed E-state index contributed by atoms with van der Waals surface area (Å²) in [5.74, 6) is 1.67. The Balaban J connectivity index is 1.51. The van der Waals surface area contributed by atoms with E-state index in [1.54, 1.807) is 30.0 Å². The van der Waals surface area contributed by atoms with Gasteiger partial charge in [-0.25, -0.2) is 9.50 Å². The van der Waals surface area contributed by atoms with Crippen LogP contribution in [0.5, 0.6) is 5.75 Å². The summed E-state index contributed by atoms with van der Waals surface area (Å²) in [6.45, 7) is 2.63. The highest BCUT2D eigenvalue weighted by atomic mass is 16.5. The molecule has 0 spiro atoms. The van der Waals surface area contributed by atoms with Gasteiger partial charge in [0.2, 0.25) is 0 Å². The van der Waals surface area contributed by atoms with Gasteiger partial charge in [-0.2, -0.15) is 5.10 Å². The van der Waals surface area contributed by atoms with Crippen molar-refractivity contribution in [3.8, 4) is 5.75 Å².